The van der Waals surface area contributed by atoms with Gasteiger partial charge in [-0.15, -0.1) is 0 Å². The van der Waals surface area contributed by atoms with E-state index in [4.69, 9.17) is 19.3 Å². The molecule has 0 unspecified atom stereocenters. The molecule has 0 saturated carbocycles. The summed E-state index contributed by atoms with van der Waals surface area (Å²) in [6, 6.07) is 15.1. The predicted octanol–water partition coefficient (Wildman–Crippen LogP) is 3.64. The molecular formula is C25H27N3O5. The minimum atomic E-state index is -0.618. The standard InChI is InChI=1S/C25H27N3O5/c1-4-14-26-23(29)17-33-24(30)13-11-19-16-28(20-8-6-5-7-9-20)27-25(19)18-10-12-21(31-2)22(15-18)32-3/h5-13,15-16H,4,14,17H2,1-3H3,(H,26,29). The highest BCUT2D eigenvalue weighted by Gasteiger charge is 2.14. The number of methoxy groups -OCH3 is 2. The van der Waals surface area contributed by atoms with E-state index in [1.165, 1.54) is 6.08 Å². The van der Waals surface area contributed by atoms with Gasteiger partial charge in [0.05, 0.1) is 19.9 Å². The highest BCUT2D eigenvalue weighted by atomic mass is 16.5. The minimum Gasteiger partial charge on any atom is -0.493 e. The Bertz CT molecular complexity index is 1120. The third kappa shape index (κ3) is 6.22. The van der Waals surface area contributed by atoms with Gasteiger partial charge in [-0.05, 0) is 42.8 Å². The van der Waals surface area contributed by atoms with Crippen LogP contribution in [-0.4, -0.2) is 49.0 Å². The Labute approximate surface area is 192 Å². The molecule has 8 heteroatoms. The first-order valence-electron chi connectivity index (χ1n) is 10.5. The number of hydrogen-bond acceptors (Lipinski definition) is 6. The lowest BCUT2D eigenvalue weighted by Gasteiger charge is -2.09. The summed E-state index contributed by atoms with van der Waals surface area (Å²) in [5.74, 6) is 0.219. The number of nitrogens with zero attached hydrogens (tertiary/aromatic N) is 2. The smallest absolute Gasteiger partial charge is 0.331 e. The minimum absolute atomic E-state index is 0.324. The van der Waals surface area contributed by atoms with Crippen LogP contribution in [0, 0.1) is 0 Å². The van der Waals surface area contributed by atoms with Gasteiger partial charge in [-0.2, -0.15) is 5.10 Å². The van der Waals surface area contributed by atoms with Crippen LogP contribution in [0.5, 0.6) is 11.5 Å². The maximum Gasteiger partial charge on any atom is 0.331 e. The van der Waals surface area contributed by atoms with Crippen LogP contribution in [0.2, 0.25) is 0 Å². The number of rotatable bonds is 10. The molecule has 0 atom stereocenters. The molecule has 0 aliphatic rings. The molecule has 1 amide bonds. The molecule has 0 saturated heterocycles. The van der Waals surface area contributed by atoms with Gasteiger partial charge in [0.15, 0.2) is 18.1 Å². The Balaban J connectivity index is 1.88. The summed E-state index contributed by atoms with van der Waals surface area (Å²) >= 11 is 0. The van der Waals surface area contributed by atoms with Crippen molar-refractivity contribution in [2.75, 3.05) is 27.4 Å². The van der Waals surface area contributed by atoms with Gasteiger partial charge in [0.1, 0.15) is 5.69 Å². The second-order valence-corrected chi connectivity index (χ2v) is 7.07. The number of aromatic nitrogens is 2. The van der Waals surface area contributed by atoms with Crippen molar-refractivity contribution >= 4 is 18.0 Å². The van der Waals surface area contributed by atoms with Gasteiger partial charge in [-0.25, -0.2) is 9.48 Å². The van der Waals surface area contributed by atoms with Crippen LogP contribution in [0.3, 0.4) is 0 Å². The van der Waals surface area contributed by atoms with Crippen LogP contribution in [0.1, 0.15) is 18.9 Å². The number of amides is 1. The fraction of sp³-hybridized carbons (Fsp3) is 0.240. The lowest BCUT2D eigenvalue weighted by molar-refractivity contribution is -0.143. The topological polar surface area (TPSA) is 91.7 Å². The molecule has 3 aromatic rings. The van der Waals surface area contributed by atoms with E-state index >= 15 is 0 Å². The molecule has 0 bridgehead atoms. The molecule has 2 aromatic carbocycles. The number of hydrogen-bond donors (Lipinski definition) is 1. The average molecular weight is 450 g/mol. The van der Waals surface area contributed by atoms with Gasteiger partial charge in [0, 0.05) is 29.9 Å². The molecule has 172 valence electrons. The van der Waals surface area contributed by atoms with E-state index in [2.05, 4.69) is 5.32 Å². The van der Waals surface area contributed by atoms with Crippen molar-refractivity contribution in [1.82, 2.24) is 15.1 Å². The van der Waals surface area contributed by atoms with Crippen LogP contribution < -0.4 is 14.8 Å². The number of carbonyl (C=O) groups excluding carboxylic acids is 2. The molecule has 1 N–H and O–H groups in total. The predicted molar refractivity (Wildman–Crippen MR) is 125 cm³/mol. The van der Waals surface area contributed by atoms with Gasteiger partial charge in [0.2, 0.25) is 0 Å². The lowest BCUT2D eigenvalue weighted by Crippen LogP contribution is -2.28. The number of benzene rings is 2. The molecule has 0 fully saturated rings. The van der Waals surface area contributed by atoms with Gasteiger partial charge in [-0.1, -0.05) is 25.1 Å². The van der Waals surface area contributed by atoms with E-state index < -0.39 is 5.97 Å². The van der Waals surface area contributed by atoms with Gasteiger partial charge < -0.3 is 19.5 Å². The summed E-state index contributed by atoms with van der Waals surface area (Å²) in [7, 11) is 3.14. The molecule has 0 aliphatic carbocycles. The zero-order chi connectivity index (χ0) is 23.6. The third-order valence-corrected chi connectivity index (χ3v) is 4.74. The Morgan fingerprint density at radius 2 is 1.82 bits per heavy atom. The van der Waals surface area contributed by atoms with E-state index in [1.54, 1.807) is 31.0 Å². The number of carbonyl (C=O) groups is 2. The molecule has 1 heterocycles. The van der Waals surface area contributed by atoms with Crippen LogP contribution in [0.15, 0.2) is 60.8 Å². The average Bonchev–Trinajstić information content (AvgIpc) is 3.29. The maximum absolute atomic E-state index is 12.2. The van der Waals surface area contributed by atoms with E-state index in [0.29, 0.717) is 29.3 Å². The Kier molecular flexibility index (Phi) is 8.24. The van der Waals surface area contributed by atoms with Crippen molar-refractivity contribution in [3.8, 4) is 28.4 Å². The monoisotopic (exact) mass is 449 g/mol. The summed E-state index contributed by atoms with van der Waals surface area (Å²) in [5, 5.41) is 7.38. The molecule has 0 radical (unpaired) electrons. The fourth-order valence-electron chi connectivity index (χ4n) is 3.09. The van der Waals surface area contributed by atoms with Crippen molar-refractivity contribution in [3.05, 3.63) is 66.4 Å². The van der Waals surface area contributed by atoms with Crippen LogP contribution in [0.25, 0.3) is 23.0 Å². The SMILES string of the molecule is CCCNC(=O)COC(=O)C=Cc1cn(-c2ccccc2)nc1-c1ccc(OC)c(OC)c1. The van der Waals surface area contributed by atoms with E-state index in [0.717, 1.165) is 17.7 Å². The van der Waals surface area contributed by atoms with Crippen molar-refractivity contribution < 1.29 is 23.8 Å². The normalized spacial score (nSPS) is 10.8. The van der Waals surface area contributed by atoms with E-state index in [-0.39, 0.29) is 12.5 Å². The van der Waals surface area contributed by atoms with Crippen molar-refractivity contribution in [2.45, 2.75) is 13.3 Å². The highest BCUT2D eigenvalue weighted by Crippen LogP contribution is 2.33. The number of nitrogens with one attached hydrogen (secondary N) is 1. The summed E-state index contributed by atoms with van der Waals surface area (Å²) in [5.41, 5.74) is 2.99. The zero-order valence-corrected chi connectivity index (χ0v) is 18.9. The fourth-order valence-corrected chi connectivity index (χ4v) is 3.09. The van der Waals surface area contributed by atoms with Gasteiger partial charge >= 0.3 is 5.97 Å². The van der Waals surface area contributed by atoms with Crippen LogP contribution in [-0.2, 0) is 14.3 Å². The second kappa shape index (κ2) is 11.5. The van der Waals surface area contributed by atoms with Crippen molar-refractivity contribution in [3.63, 3.8) is 0 Å². The van der Waals surface area contributed by atoms with Crippen molar-refractivity contribution in [2.24, 2.45) is 0 Å². The molecule has 8 nitrogen and oxygen atoms in total. The zero-order valence-electron chi connectivity index (χ0n) is 18.9. The van der Waals surface area contributed by atoms with Crippen molar-refractivity contribution in [1.29, 1.82) is 0 Å². The van der Waals surface area contributed by atoms with E-state index in [9.17, 15) is 9.59 Å². The highest BCUT2D eigenvalue weighted by molar-refractivity contribution is 5.90. The first-order valence-corrected chi connectivity index (χ1v) is 10.5. The quantitative estimate of drug-likeness (QED) is 0.375. The molecule has 0 aliphatic heterocycles. The second-order valence-electron chi connectivity index (χ2n) is 7.07. The summed E-state index contributed by atoms with van der Waals surface area (Å²) < 4.78 is 17.5. The van der Waals surface area contributed by atoms with Gasteiger partial charge in [-0.3, -0.25) is 4.79 Å². The molecule has 0 spiro atoms. The first kappa shape index (κ1) is 23.6. The maximum atomic E-state index is 12.2. The van der Waals surface area contributed by atoms with E-state index in [1.807, 2.05) is 55.6 Å². The molecule has 33 heavy (non-hydrogen) atoms. The van der Waals surface area contributed by atoms with Gasteiger partial charge in [0.25, 0.3) is 5.91 Å². The Morgan fingerprint density at radius 3 is 2.52 bits per heavy atom. The summed E-state index contributed by atoms with van der Waals surface area (Å²) in [6.45, 7) is 2.16. The molecule has 3 rings (SSSR count). The Hall–Kier alpha value is -4.07. The van der Waals surface area contributed by atoms with Crippen LogP contribution >= 0.6 is 0 Å². The van der Waals surface area contributed by atoms with Crippen LogP contribution in [0.4, 0.5) is 0 Å². The summed E-state index contributed by atoms with van der Waals surface area (Å²) in [4.78, 5) is 23.8. The largest absolute Gasteiger partial charge is 0.493 e. The lowest BCUT2D eigenvalue weighted by atomic mass is 10.1. The molecular weight excluding hydrogens is 422 g/mol. The number of esters is 1. The number of ether oxygens (including phenoxy) is 3. The Morgan fingerprint density at radius 1 is 1.06 bits per heavy atom. The first-order chi connectivity index (χ1) is 16.0. The molecule has 1 aromatic heterocycles. The number of para-hydroxylation sites is 1. The summed E-state index contributed by atoms with van der Waals surface area (Å²) in [6.07, 6.45) is 5.53. The third-order valence-electron chi connectivity index (χ3n) is 4.74.